The molecule has 0 spiro atoms. The number of nitrogens with one attached hydrogen (secondary N) is 2. The van der Waals surface area contributed by atoms with Crippen molar-refractivity contribution in [1.82, 2.24) is 15.3 Å². The molecule has 0 aliphatic rings. The number of H-pyrrole nitrogens is 1. The average Bonchev–Trinajstić information content (AvgIpc) is 3.25. The molecule has 2 aromatic heterocycles. The maximum absolute atomic E-state index is 13.3. The van der Waals surface area contributed by atoms with Crippen molar-refractivity contribution in [3.05, 3.63) is 98.2 Å². The molecule has 33 heavy (non-hydrogen) atoms. The van der Waals surface area contributed by atoms with Crippen LogP contribution in [0.3, 0.4) is 0 Å². The molecule has 4 N–H and O–H groups in total. The molecule has 0 atom stereocenters. The van der Waals surface area contributed by atoms with Gasteiger partial charge in [0.05, 0.1) is 16.8 Å². The maximum Gasteiger partial charge on any atom is 0.252 e. The molecule has 1 amide bonds. The predicted molar refractivity (Wildman–Crippen MR) is 142 cm³/mol. The van der Waals surface area contributed by atoms with E-state index in [0.29, 0.717) is 23.7 Å². The van der Waals surface area contributed by atoms with Crippen molar-refractivity contribution in [1.29, 1.82) is 0 Å². The summed E-state index contributed by atoms with van der Waals surface area (Å²) < 4.78 is 1.04. The fourth-order valence-electron chi connectivity index (χ4n) is 3.90. The number of benzene rings is 3. The van der Waals surface area contributed by atoms with Gasteiger partial charge in [0.2, 0.25) is 0 Å². The van der Waals surface area contributed by atoms with E-state index >= 15 is 0 Å². The molecule has 164 valence electrons. The lowest BCUT2D eigenvalue weighted by molar-refractivity contribution is 0.0952. The number of pyridine rings is 1. The zero-order valence-corrected chi connectivity index (χ0v) is 20.4. The number of amides is 1. The number of fused-ring (bicyclic) bond motifs is 2. The van der Waals surface area contributed by atoms with E-state index in [9.17, 15) is 4.79 Å². The summed E-state index contributed by atoms with van der Waals surface area (Å²) in [4.78, 5) is 21.4. The number of rotatable bonds is 5. The van der Waals surface area contributed by atoms with Crippen LogP contribution in [0, 0.1) is 3.57 Å². The summed E-state index contributed by atoms with van der Waals surface area (Å²) in [7, 11) is 0. The highest BCUT2D eigenvalue weighted by Crippen LogP contribution is 2.32. The Morgan fingerprint density at radius 1 is 1.00 bits per heavy atom. The van der Waals surface area contributed by atoms with Gasteiger partial charge in [0.15, 0.2) is 0 Å². The maximum atomic E-state index is 13.3. The number of carbonyl (C=O) groups excluding carboxylic acids is 1. The molecule has 5 aromatic rings. The van der Waals surface area contributed by atoms with Gasteiger partial charge < -0.3 is 16.0 Å². The van der Waals surface area contributed by atoms with Crippen LogP contribution >= 0.6 is 34.2 Å². The van der Waals surface area contributed by atoms with Gasteiger partial charge in [-0.25, -0.2) is 4.98 Å². The highest BCUT2D eigenvalue weighted by molar-refractivity contribution is 14.1. The van der Waals surface area contributed by atoms with E-state index in [4.69, 9.17) is 22.3 Å². The summed E-state index contributed by atoms with van der Waals surface area (Å²) in [5.74, 6) is -0.147. The first-order valence-electron chi connectivity index (χ1n) is 10.5. The van der Waals surface area contributed by atoms with Crippen LogP contribution in [0.25, 0.3) is 33.1 Å². The Morgan fingerprint density at radius 3 is 2.58 bits per heavy atom. The quantitative estimate of drug-likeness (QED) is 0.227. The third-order valence-electron chi connectivity index (χ3n) is 5.65. The third kappa shape index (κ3) is 4.46. The van der Waals surface area contributed by atoms with E-state index in [1.165, 1.54) is 0 Å². The SMILES string of the molecule is NCc1ccc(CNC(=O)c2cc(-c3c[nH]c4ccc(Cl)cc34)nc3ccc(I)cc23)cc1. The van der Waals surface area contributed by atoms with Gasteiger partial charge in [-0.1, -0.05) is 35.9 Å². The van der Waals surface area contributed by atoms with Crippen molar-refractivity contribution < 1.29 is 4.79 Å². The summed E-state index contributed by atoms with van der Waals surface area (Å²) in [5.41, 5.74) is 11.7. The van der Waals surface area contributed by atoms with E-state index < -0.39 is 0 Å². The van der Waals surface area contributed by atoms with Crippen LogP contribution in [0.15, 0.2) is 72.9 Å². The number of nitrogens with two attached hydrogens (primary N) is 1. The molecule has 7 heteroatoms. The summed E-state index contributed by atoms with van der Waals surface area (Å²) >= 11 is 8.49. The van der Waals surface area contributed by atoms with Gasteiger partial charge >= 0.3 is 0 Å². The molecule has 0 radical (unpaired) electrons. The Hall–Kier alpha value is -2.94. The molecule has 0 fully saturated rings. The van der Waals surface area contributed by atoms with Gasteiger partial charge in [-0.05, 0) is 76.2 Å². The molecule has 0 unspecified atom stereocenters. The van der Waals surface area contributed by atoms with Gasteiger partial charge in [-0.2, -0.15) is 0 Å². The molecular formula is C26H20ClIN4O. The van der Waals surface area contributed by atoms with Crippen LogP contribution < -0.4 is 11.1 Å². The first-order chi connectivity index (χ1) is 16.0. The largest absolute Gasteiger partial charge is 0.360 e. The normalized spacial score (nSPS) is 11.2. The summed E-state index contributed by atoms with van der Waals surface area (Å²) in [6, 6.07) is 21.4. The van der Waals surface area contributed by atoms with Gasteiger partial charge in [0, 0.05) is 49.7 Å². The van der Waals surface area contributed by atoms with Crippen molar-refractivity contribution >= 4 is 61.9 Å². The van der Waals surface area contributed by atoms with E-state index in [2.05, 4.69) is 32.9 Å². The van der Waals surface area contributed by atoms with Crippen molar-refractivity contribution in [2.75, 3.05) is 0 Å². The number of aromatic amines is 1. The molecule has 0 saturated carbocycles. The number of hydrogen-bond donors (Lipinski definition) is 3. The Labute approximate surface area is 209 Å². The Kier molecular flexibility index (Phi) is 6.05. The fourth-order valence-corrected chi connectivity index (χ4v) is 4.56. The summed E-state index contributed by atoms with van der Waals surface area (Å²) in [6.07, 6.45) is 1.91. The predicted octanol–water partition coefficient (Wildman–Crippen LogP) is 6.03. The van der Waals surface area contributed by atoms with Crippen molar-refractivity contribution in [3.63, 3.8) is 0 Å². The molecule has 0 aliphatic heterocycles. The van der Waals surface area contributed by atoms with Crippen LogP contribution in [0.4, 0.5) is 0 Å². The van der Waals surface area contributed by atoms with Crippen LogP contribution in [-0.4, -0.2) is 15.9 Å². The van der Waals surface area contributed by atoms with Crippen molar-refractivity contribution in [2.24, 2.45) is 5.73 Å². The first kappa shape index (κ1) is 21.9. The van der Waals surface area contributed by atoms with Crippen LogP contribution in [0.2, 0.25) is 5.02 Å². The zero-order valence-electron chi connectivity index (χ0n) is 17.5. The number of hydrogen-bond acceptors (Lipinski definition) is 3. The van der Waals surface area contributed by atoms with E-state index in [-0.39, 0.29) is 5.91 Å². The third-order valence-corrected chi connectivity index (χ3v) is 6.55. The second-order valence-corrected chi connectivity index (χ2v) is 9.49. The van der Waals surface area contributed by atoms with Crippen LogP contribution in [-0.2, 0) is 13.1 Å². The van der Waals surface area contributed by atoms with E-state index in [1.54, 1.807) is 0 Å². The molecule has 2 heterocycles. The minimum atomic E-state index is -0.147. The Morgan fingerprint density at radius 2 is 1.79 bits per heavy atom. The molecular weight excluding hydrogens is 547 g/mol. The van der Waals surface area contributed by atoms with Crippen molar-refractivity contribution in [2.45, 2.75) is 13.1 Å². The lowest BCUT2D eigenvalue weighted by atomic mass is 10.0. The molecule has 5 nitrogen and oxygen atoms in total. The smallest absolute Gasteiger partial charge is 0.252 e. The number of nitrogens with zero attached hydrogens (tertiary/aromatic N) is 1. The summed E-state index contributed by atoms with van der Waals surface area (Å²) in [6.45, 7) is 0.922. The highest BCUT2D eigenvalue weighted by atomic mass is 127. The minimum absolute atomic E-state index is 0.147. The van der Waals surface area contributed by atoms with Crippen molar-refractivity contribution in [3.8, 4) is 11.3 Å². The van der Waals surface area contributed by atoms with E-state index in [0.717, 1.165) is 47.8 Å². The van der Waals surface area contributed by atoms with Gasteiger partial charge in [-0.15, -0.1) is 0 Å². The molecule has 0 saturated heterocycles. The second kappa shape index (κ2) is 9.13. The lowest BCUT2D eigenvalue weighted by Gasteiger charge is -2.11. The fraction of sp³-hybridized carbons (Fsp3) is 0.0769. The van der Waals surface area contributed by atoms with Gasteiger partial charge in [0.25, 0.3) is 5.91 Å². The lowest BCUT2D eigenvalue weighted by Crippen LogP contribution is -2.23. The Balaban J connectivity index is 1.55. The molecule has 0 bridgehead atoms. The monoisotopic (exact) mass is 566 g/mol. The topological polar surface area (TPSA) is 83.8 Å². The zero-order chi connectivity index (χ0) is 22.9. The molecule has 0 aliphatic carbocycles. The number of aromatic nitrogens is 2. The number of halogens is 2. The molecule has 3 aromatic carbocycles. The minimum Gasteiger partial charge on any atom is -0.360 e. The average molecular weight is 567 g/mol. The van der Waals surface area contributed by atoms with Crippen LogP contribution in [0.1, 0.15) is 21.5 Å². The Bertz CT molecular complexity index is 1490. The summed E-state index contributed by atoms with van der Waals surface area (Å²) in [5, 5.41) is 5.49. The highest BCUT2D eigenvalue weighted by Gasteiger charge is 2.16. The first-order valence-corrected chi connectivity index (χ1v) is 11.9. The number of carbonyl (C=O) groups is 1. The van der Waals surface area contributed by atoms with E-state index in [1.807, 2.05) is 72.9 Å². The van der Waals surface area contributed by atoms with Gasteiger partial charge in [0.1, 0.15) is 0 Å². The standard InChI is InChI=1S/C26H20ClIN4O/c27-17-5-7-23-19(9-17)22(14-30-23)25-11-21(20-10-18(28)6-8-24(20)32-25)26(33)31-13-16-3-1-15(12-29)2-4-16/h1-11,14,30H,12-13,29H2,(H,31,33). The molecule has 5 rings (SSSR count). The second-order valence-electron chi connectivity index (χ2n) is 7.81. The van der Waals surface area contributed by atoms with Crippen LogP contribution in [0.5, 0.6) is 0 Å². The van der Waals surface area contributed by atoms with Gasteiger partial charge in [-0.3, -0.25) is 4.79 Å².